The fourth-order valence-electron chi connectivity index (χ4n) is 2.97. The van der Waals surface area contributed by atoms with Gasteiger partial charge in [0.2, 0.25) is 0 Å². The van der Waals surface area contributed by atoms with Crippen molar-refractivity contribution >= 4 is 0 Å². The second kappa shape index (κ2) is 8.64. The minimum Gasteiger partial charge on any atom is -0.492 e. The van der Waals surface area contributed by atoms with Crippen LogP contribution in [0.4, 0.5) is 0 Å². The van der Waals surface area contributed by atoms with Gasteiger partial charge in [-0.05, 0) is 37.0 Å². The molecule has 0 saturated carbocycles. The molecule has 2 aromatic rings. The number of para-hydroxylation sites is 1. The summed E-state index contributed by atoms with van der Waals surface area (Å²) in [5, 5.41) is 0. The van der Waals surface area contributed by atoms with Crippen molar-refractivity contribution in [3.63, 3.8) is 0 Å². The molecule has 1 aromatic heterocycles. The van der Waals surface area contributed by atoms with Crippen LogP contribution in [0.5, 0.6) is 11.8 Å². The molecule has 0 unspecified atom stereocenters. The van der Waals surface area contributed by atoms with Gasteiger partial charge in [-0.25, -0.2) is 9.97 Å². The van der Waals surface area contributed by atoms with Gasteiger partial charge in [-0.15, -0.1) is 0 Å². The van der Waals surface area contributed by atoms with Gasteiger partial charge in [0.25, 0.3) is 0 Å². The molecule has 0 bridgehead atoms. The maximum Gasteiger partial charge on any atom is 0.316 e. The first-order chi connectivity index (χ1) is 11.8. The van der Waals surface area contributed by atoms with E-state index in [9.17, 15) is 0 Å². The van der Waals surface area contributed by atoms with Crippen molar-refractivity contribution in [1.82, 2.24) is 14.9 Å². The number of likely N-dealkylation sites (tertiary alicyclic amines) is 1. The molecule has 5 nitrogen and oxygen atoms in total. The highest BCUT2D eigenvalue weighted by Crippen LogP contribution is 2.19. The highest BCUT2D eigenvalue weighted by atomic mass is 16.5. The van der Waals surface area contributed by atoms with Crippen LogP contribution < -0.4 is 9.47 Å². The van der Waals surface area contributed by atoms with Crippen molar-refractivity contribution in [1.29, 1.82) is 0 Å². The summed E-state index contributed by atoms with van der Waals surface area (Å²) in [5.41, 5.74) is 1.27. The lowest BCUT2D eigenvalue weighted by Gasteiger charge is -2.31. The van der Waals surface area contributed by atoms with Crippen LogP contribution in [0.15, 0.2) is 42.7 Å². The molecule has 3 rings (SSSR count). The zero-order valence-corrected chi connectivity index (χ0v) is 14.2. The Morgan fingerprint density at radius 3 is 2.58 bits per heavy atom. The summed E-state index contributed by atoms with van der Waals surface area (Å²) in [5.74, 6) is 1.01. The summed E-state index contributed by atoms with van der Waals surface area (Å²) in [6.45, 7) is 5.88. The van der Waals surface area contributed by atoms with Gasteiger partial charge >= 0.3 is 6.01 Å². The standard InChI is InChI=1S/C19H25N3O2/c1-2-16-6-3-4-7-18(16)23-15-14-22-12-8-17(9-13-22)24-19-20-10-5-11-21-19/h3-7,10-11,17H,2,8-9,12-15H2,1H3. The molecule has 5 heteroatoms. The molecular formula is C19H25N3O2. The predicted molar refractivity (Wildman–Crippen MR) is 93.4 cm³/mol. The number of nitrogens with zero attached hydrogens (tertiary/aromatic N) is 3. The zero-order valence-electron chi connectivity index (χ0n) is 14.2. The van der Waals surface area contributed by atoms with Crippen LogP contribution in [-0.4, -0.2) is 47.2 Å². The number of aryl methyl sites for hydroxylation is 1. The molecule has 0 amide bonds. The Balaban J connectivity index is 1.38. The molecule has 1 fully saturated rings. The van der Waals surface area contributed by atoms with Gasteiger partial charge < -0.3 is 9.47 Å². The summed E-state index contributed by atoms with van der Waals surface area (Å²) < 4.78 is 11.8. The first kappa shape index (κ1) is 16.7. The topological polar surface area (TPSA) is 47.5 Å². The van der Waals surface area contributed by atoms with Crippen molar-refractivity contribution in [2.24, 2.45) is 0 Å². The Hall–Kier alpha value is -2.14. The third-order valence-corrected chi connectivity index (χ3v) is 4.37. The average Bonchev–Trinajstić information content (AvgIpc) is 2.64. The molecule has 0 radical (unpaired) electrons. The van der Waals surface area contributed by atoms with Crippen LogP contribution in [-0.2, 0) is 6.42 Å². The fraction of sp³-hybridized carbons (Fsp3) is 0.474. The van der Waals surface area contributed by atoms with Crippen molar-refractivity contribution in [3.8, 4) is 11.8 Å². The number of rotatable bonds is 7. The number of benzene rings is 1. The second-order valence-corrected chi connectivity index (χ2v) is 6.00. The lowest BCUT2D eigenvalue weighted by atomic mass is 10.1. The third-order valence-electron chi connectivity index (χ3n) is 4.37. The summed E-state index contributed by atoms with van der Waals surface area (Å²) >= 11 is 0. The normalized spacial score (nSPS) is 16.0. The van der Waals surface area contributed by atoms with Crippen molar-refractivity contribution in [2.75, 3.05) is 26.2 Å². The lowest BCUT2D eigenvalue weighted by molar-refractivity contribution is 0.0847. The van der Waals surface area contributed by atoms with Crippen LogP contribution in [0, 0.1) is 0 Å². The number of aromatic nitrogens is 2. The number of hydrogen-bond donors (Lipinski definition) is 0. The minimum absolute atomic E-state index is 0.213. The molecular weight excluding hydrogens is 302 g/mol. The van der Waals surface area contributed by atoms with Gasteiger partial charge in [-0.3, -0.25) is 4.90 Å². The maximum atomic E-state index is 5.96. The van der Waals surface area contributed by atoms with Gasteiger partial charge in [-0.1, -0.05) is 25.1 Å². The van der Waals surface area contributed by atoms with Gasteiger partial charge in [0.15, 0.2) is 0 Å². The summed E-state index contributed by atoms with van der Waals surface area (Å²) in [7, 11) is 0. The fourth-order valence-corrected chi connectivity index (χ4v) is 2.97. The maximum absolute atomic E-state index is 5.96. The molecule has 1 aromatic carbocycles. The Morgan fingerprint density at radius 1 is 1.08 bits per heavy atom. The van der Waals surface area contributed by atoms with E-state index in [-0.39, 0.29) is 6.10 Å². The number of ether oxygens (including phenoxy) is 2. The summed E-state index contributed by atoms with van der Waals surface area (Å²) in [6, 6.07) is 10.6. The van der Waals surface area contributed by atoms with Gasteiger partial charge in [0.05, 0.1) is 0 Å². The molecule has 0 spiro atoms. The highest BCUT2D eigenvalue weighted by Gasteiger charge is 2.21. The first-order valence-corrected chi connectivity index (χ1v) is 8.72. The molecule has 1 aliphatic rings. The van der Waals surface area contributed by atoms with E-state index in [1.807, 2.05) is 6.07 Å². The molecule has 24 heavy (non-hydrogen) atoms. The Labute approximate surface area is 143 Å². The van der Waals surface area contributed by atoms with Crippen molar-refractivity contribution in [2.45, 2.75) is 32.3 Å². The van der Waals surface area contributed by atoms with Crippen molar-refractivity contribution in [3.05, 3.63) is 48.3 Å². The van der Waals surface area contributed by atoms with Crippen LogP contribution >= 0.6 is 0 Å². The SMILES string of the molecule is CCc1ccccc1OCCN1CCC(Oc2ncccn2)CC1. The zero-order chi connectivity index (χ0) is 16.6. The van der Waals surface area contributed by atoms with Crippen LogP contribution in [0.1, 0.15) is 25.3 Å². The smallest absolute Gasteiger partial charge is 0.316 e. The third kappa shape index (κ3) is 4.68. The van der Waals surface area contributed by atoms with E-state index in [1.165, 1.54) is 5.56 Å². The molecule has 2 heterocycles. The lowest BCUT2D eigenvalue weighted by Crippen LogP contribution is -2.40. The van der Waals surface area contributed by atoms with Crippen LogP contribution in [0.3, 0.4) is 0 Å². The van der Waals surface area contributed by atoms with Gasteiger partial charge in [0.1, 0.15) is 18.5 Å². The van der Waals surface area contributed by atoms with Crippen LogP contribution in [0.2, 0.25) is 0 Å². The Morgan fingerprint density at radius 2 is 1.83 bits per heavy atom. The molecule has 1 aliphatic heterocycles. The predicted octanol–water partition coefficient (Wildman–Crippen LogP) is 2.96. The van der Waals surface area contributed by atoms with Crippen molar-refractivity contribution < 1.29 is 9.47 Å². The molecule has 0 N–H and O–H groups in total. The summed E-state index contributed by atoms with van der Waals surface area (Å²) in [4.78, 5) is 10.7. The van der Waals surface area contributed by atoms with E-state index >= 15 is 0 Å². The number of hydrogen-bond acceptors (Lipinski definition) is 5. The van der Waals surface area contributed by atoms with E-state index in [0.29, 0.717) is 6.01 Å². The second-order valence-electron chi connectivity index (χ2n) is 6.00. The minimum atomic E-state index is 0.213. The molecule has 1 saturated heterocycles. The first-order valence-electron chi connectivity index (χ1n) is 8.72. The number of piperidine rings is 1. The van der Waals surface area contributed by atoms with E-state index in [0.717, 1.165) is 51.3 Å². The van der Waals surface area contributed by atoms with Crippen LogP contribution in [0.25, 0.3) is 0 Å². The average molecular weight is 327 g/mol. The van der Waals surface area contributed by atoms with E-state index in [4.69, 9.17) is 9.47 Å². The monoisotopic (exact) mass is 327 g/mol. The molecule has 0 atom stereocenters. The largest absolute Gasteiger partial charge is 0.492 e. The highest BCUT2D eigenvalue weighted by molar-refractivity contribution is 5.33. The molecule has 0 aliphatic carbocycles. The van der Waals surface area contributed by atoms with E-state index in [1.54, 1.807) is 18.5 Å². The summed E-state index contributed by atoms with van der Waals surface area (Å²) in [6.07, 6.45) is 6.64. The van der Waals surface area contributed by atoms with Gasteiger partial charge in [0, 0.05) is 32.0 Å². The van der Waals surface area contributed by atoms with E-state index < -0.39 is 0 Å². The Kier molecular flexibility index (Phi) is 6.01. The quantitative estimate of drug-likeness (QED) is 0.782. The molecule has 128 valence electrons. The Bertz CT molecular complexity index is 613. The van der Waals surface area contributed by atoms with Gasteiger partial charge in [-0.2, -0.15) is 0 Å². The van der Waals surface area contributed by atoms with E-state index in [2.05, 4.69) is 40.0 Å².